The Labute approximate surface area is 165 Å². The van der Waals surface area contributed by atoms with Gasteiger partial charge in [-0.05, 0) is 31.0 Å². The predicted molar refractivity (Wildman–Crippen MR) is 107 cm³/mol. The maximum absolute atomic E-state index is 12.7. The monoisotopic (exact) mass is 404 g/mol. The molecule has 28 heavy (non-hydrogen) atoms. The van der Waals surface area contributed by atoms with Crippen molar-refractivity contribution < 1.29 is 22.7 Å². The molecule has 8 heteroatoms. The first-order valence-electron chi connectivity index (χ1n) is 9.19. The van der Waals surface area contributed by atoms with E-state index in [2.05, 4.69) is 5.32 Å². The van der Waals surface area contributed by atoms with Crippen molar-refractivity contribution in [1.29, 1.82) is 0 Å². The van der Waals surface area contributed by atoms with Gasteiger partial charge in [-0.2, -0.15) is 0 Å². The summed E-state index contributed by atoms with van der Waals surface area (Å²) < 4.78 is 37.0. The van der Waals surface area contributed by atoms with Crippen LogP contribution in [0.15, 0.2) is 48.5 Å². The maximum Gasteiger partial charge on any atom is 0.241 e. The van der Waals surface area contributed by atoms with Crippen molar-refractivity contribution in [2.75, 3.05) is 23.4 Å². The van der Waals surface area contributed by atoms with Crippen LogP contribution in [0.1, 0.15) is 31.9 Å². The molecule has 0 saturated heterocycles. The molecular weight excluding hydrogens is 380 g/mol. The molecule has 1 heterocycles. The van der Waals surface area contributed by atoms with E-state index in [4.69, 9.17) is 9.47 Å². The highest BCUT2D eigenvalue weighted by atomic mass is 32.2. The number of sulfonamides is 1. The zero-order chi connectivity index (χ0) is 20.1. The van der Waals surface area contributed by atoms with Crippen LogP contribution in [-0.2, 0) is 14.8 Å². The minimum atomic E-state index is -3.66. The number of anilines is 1. The smallest absolute Gasteiger partial charge is 0.241 e. The number of carbonyl (C=O) groups is 1. The van der Waals surface area contributed by atoms with E-state index in [-0.39, 0.29) is 31.0 Å². The Morgan fingerprint density at radius 3 is 2.50 bits per heavy atom. The Bertz CT molecular complexity index is 931. The first kappa shape index (κ1) is 20.0. The van der Waals surface area contributed by atoms with Gasteiger partial charge >= 0.3 is 0 Å². The van der Waals surface area contributed by atoms with Crippen LogP contribution in [0.4, 0.5) is 5.69 Å². The Balaban J connectivity index is 1.81. The summed E-state index contributed by atoms with van der Waals surface area (Å²) in [5, 5.41) is 2.93. The molecule has 1 aliphatic rings. The lowest BCUT2D eigenvalue weighted by molar-refractivity contribution is -0.120. The van der Waals surface area contributed by atoms with Gasteiger partial charge in [-0.25, -0.2) is 8.42 Å². The third kappa shape index (κ3) is 4.39. The highest BCUT2D eigenvalue weighted by Crippen LogP contribution is 2.36. The number of nitrogens with one attached hydrogen (secondary N) is 1. The third-order valence-electron chi connectivity index (χ3n) is 4.58. The molecule has 0 aliphatic carbocycles. The molecule has 3 rings (SSSR count). The molecule has 0 aromatic heterocycles. The minimum absolute atomic E-state index is 0.0923. The normalized spacial score (nSPS) is 13.8. The van der Waals surface area contributed by atoms with Gasteiger partial charge in [0.2, 0.25) is 22.7 Å². The van der Waals surface area contributed by atoms with E-state index in [1.54, 1.807) is 25.1 Å². The topological polar surface area (TPSA) is 84.9 Å². The Hall–Kier alpha value is -2.74. The molecule has 0 unspecified atom stereocenters. The first-order valence-corrected chi connectivity index (χ1v) is 10.8. The SMILES string of the molecule is CC[C@H](NC(=O)CN(c1ccc2c(c1)OCO2)S(=O)(=O)CC)c1ccccc1. The van der Waals surface area contributed by atoms with Crippen molar-refractivity contribution in [2.24, 2.45) is 0 Å². The molecule has 0 bridgehead atoms. The van der Waals surface area contributed by atoms with Crippen LogP contribution >= 0.6 is 0 Å². The van der Waals surface area contributed by atoms with Crippen molar-refractivity contribution >= 4 is 21.6 Å². The molecule has 0 spiro atoms. The van der Waals surface area contributed by atoms with Gasteiger partial charge in [-0.1, -0.05) is 37.3 Å². The predicted octanol–water partition coefficient (Wildman–Crippen LogP) is 2.84. The Morgan fingerprint density at radius 1 is 1.11 bits per heavy atom. The quantitative estimate of drug-likeness (QED) is 0.731. The van der Waals surface area contributed by atoms with E-state index in [1.165, 1.54) is 0 Å². The summed E-state index contributed by atoms with van der Waals surface area (Å²) in [6.07, 6.45) is 0.695. The van der Waals surface area contributed by atoms with Crippen LogP contribution in [0, 0.1) is 0 Å². The molecule has 0 radical (unpaired) electrons. The van der Waals surface area contributed by atoms with Gasteiger partial charge in [-0.15, -0.1) is 0 Å². The van der Waals surface area contributed by atoms with Crippen LogP contribution in [0.2, 0.25) is 0 Å². The molecule has 1 amide bonds. The number of nitrogens with zero attached hydrogens (tertiary/aromatic N) is 1. The summed E-state index contributed by atoms with van der Waals surface area (Å²) in [5.41, 5.74) is 1.35. The second-order valence-corrected chi connectivity index (χ2v) is 8.57. The van der Waals surface area contributed by atoms with E-state index in [0.717, 1.165) is 9.87 Å². The summed E-state index contributed by atoms with van der Waals surface area (Å²) in [5.74, 6) is 0.525. The van der Waals surface area contributed by atoms with E-state index in [9.17, 15) is 13.2 Å². The highest BCUT2D eigenvalue weighted by Gasteiger charge is 2.26. The number of carbonyl (C=O) groups excluding carboxylic acids is 1. The number of hydrogen-bond donors (Lipinski definition) is 1. The van der Waals surface area contributed by atoms with Gasteiger partial charge in [0.15, 0.2) is 11.5 Å². The Morgan fingerprint density at radius 2 is 1.82 bits per heavy atom. The number of rotatable bonds is 8. The van der Waals surface area contributed by atoms with Crippen molar-refractivity contribution in [2.45, 2.75) is 26.3 Å². The molecule has 1 aliphatic heterocycles. The minimum Gasteiger partial charge on any atom is -0.454 e. The number of amides is 1. The number of ether oxygens (including phenoxy) is 2. The maximum atomic E-state index is 12.7. The molecule has 1 N–H and O–H groups in total. The van der Waals surface area contributed by atoms with E-state index in [1.807, 2.05) is 37.3 Å². The molecule has 0 fully saturated rings. The second-order valence-electron chi connectivity index (χ2n) is 6.38. The van der Waals surface area contributed by atoms with Gasteiger partial charge in [0.05, 0.1) is 17.5 Å². The lowest BCUT2D eigenvalue weighted by Gasteiger charge is -2.25. The largest absolute Gasteiger partial charge is 0.454 e. The molecule has 2 aromatic rings. The molecule has 150 valence electrons. The van der Waals surface area contributed by atoms with Crippen molar-refractivity contribution in [3.05, 3.63) is 54.1 Å². The summed E-state index contributed by atoms with van der Waals surface area (Å²) in [6, 6.07) is 14.3. The van der Waals surface area contributed by atoms with E-state index in [0.29, 0.717) is 23.6 Å². The van der Waals surface area contributed by atoms with Crippen molar-refractivity contribution in [3.8, 4) is 11.5 Å². The first-order chi connectivity index (χ1) is 13.4. The number of benzene rings is 2. The fourth-order valence-corrected chi connectivity index (χ4v) is 4.08. The second kappa shape index (κ2) is 8.52. The fraction of sp³-hybridized carbons (Fsp3) is 0.350. The van der Waals surface area contributed by atoms with Gasteiger partial charge in [0, 0.05) is 6.07 Å². The summed E-state index contributed by atoms with van der Waals surface area (Å²) in [6.45, 7) is 3.30. The number of fused-ring (bicyclic) bond motifs is 1. The molecule has 0 saturated carbocycles. The zero-order valence-electron chi connectivity index (χ0n) is 15.9. The zero-order valence-corrected chi connectivity index (χ0v) is 16.7. The van der Waals surface area contributed by atoms with Crippen LogP contribution in [0.25, 0.3) is 0 Å². The molecular formula is C20H24N2O5S. The highest BCUT2D eigenvalue weighted by molar-refractivity contribution is 7.92. The average Bonchev–Trinajstić information content (AvgIpc) is 3.18. The third-order valence-corrected chi connectivity index (χ3v) is 6.32. The van der Waals surface area contributed by atoms with Gasteiger partial charge in [0.1, 0.15) is 6.54 Å². The van der Waals surface area contributed by atoms with Crippen LogP contribution < -0.4 is 19.1 Å². The Kier molecular flexibility index (Phi) is 6.08. The van der Waals surface area contributed by atoms with Gasteiger partial charge < -0.3 is 14.8 Å². The summed E-state index contributed by atoms with van der Waals surface area (Å²) in [4.78, 5) is 12.7. The lowest BCUT2D eigenvalue weighted by atomic mass is 10.0. The molecule has 7 nitrogen and oxygen atoms in total. The van der Waals surface area contributed by atoms with Crippen LogP contribution in [0.5, 0.6) is 11.5 Å². The number of hydrogen-bond acceptors (Lipinski definition) is 5. The fourth-order valence-electron chi connectivity index (χ4n) is 3.02. The van der Waals surface area contributed by atoms with Crippen LogP contribution in [-0.4, -0.2) is 33.4 Å². The lowest BCUT2D eigenvalue weighted by Crippen LogP contribution is -2.42. The van der Waals surface area contributed by atoms with Gasteiger partial charge in [-0.3, -0.25) is 9.10 Å². The van der Waals surface area contributed by atoms with Gasteiger partial charge in [0.25, 0.3) is 0 Å². The van der Waals surface area contributed by atoms with Crippen molar-refractivity contribution in [3.63, 3.8) is 0 Å². The summed E-state index contributed by atoms with van der Waals surface area (Å²) in [7, 11) is -3.66. The van der Waals surface area contributed by atoms with Crippen molar-refractivity contribution in [1.82, 2.24) is 5.32 Å². The standard InChI is InChI=1S/C20H24N2O5S/c1-3-17(15-8-6-5-7-9-15)21-20(23)13-22(28(24,25)4-2)16-10-11-18-19(12-16)27-14-26-18/h5-12,17H,3-4,13-14H2,1-2H3,(H,21,23)/t17-/m0/s1. The molecule has 2 aromatic carbocycles. The average molecular weight is 404 g/mol. The van der Waals surface area contributed by atoms with Crippen LogP contribution in [0.3, 0.4) is 0 Å². The van der Waals surface area contributed by atoms with E-state index < -0.39 is 10.0 Å². The molecule has 1 atom stereocenters. The summed E-state index contributed by atoms with van der Waals surface area (Å²) >= 11 is 0. The van der Waals surface area contributed by atoms with E-state index >= 15 is 0 Å².